The van der Waals surface area contributed by atoms with Gasteiger partial charge in [-0.1, -0.05) is 97.9 Å². The van der Waals surface area contributed by atoms with E-state index in [1.165, 1.54) is 0 Å². The summed E-state index contributed by atoms with van der Waals surface area (Å²) in [5, 5.41) is 0. The van der Waals surface area contributed by atoms with Crippen LogP contribution in [0.15, 0.2) is 91.0 Å². The van der Waals surface area contributed by atoms with E-state index >= 15 is 0 Å². The Hall–Kier alpha value is -3.26. The molecule has 0 unspecified atom stereocenters. The second-order valence-corrected chi connectivity index (χ2v) is 6.17. The number of hydrogen-bond acceptors (Lipinski definition) is 2. The molecule has 4 aromatic rings. The van der Waals surface area contributed by atoms with Crippen LogP contribution < -0.4 is 0 Å². The number of aryl methyl sites for hydroxylation is 1. The Labute approximate surface area is 154 Å². The van der Waals surface area contributed by atoms with Crippen LogP contribution in [-0.4, -0.2) is 9.97 Å². The highest BCUT2D eigenvalue weighted by Crippen LogP contribution is 2.34. The van der Waals surface area contributed by atoms with E-state index in [2.05, 4.69) is 67.6 Å². The predicted octanol–water partition coefficient (Wildman–Crippen LogP) is 6.04. The van der Waals surface area contributed by atoms with Crippen LogP contribution in [0.25, 0.3) is 33.8 Å². The maximum absolute atomic E-state index is 4.99. The molecule has 0 radical (unpaired) electrons. The molecule has 26 heavy (non-hydrogen) atoms. The maximum atomic E-state index is 4.99. The summed E-state index contributed by atoms with van der Waals surface area (Å²) in [7, 11) is 0. The normalized spacial score (nSPS) is 10.7. The van der Waals surface area contributed by atoms with E-state index in [9.17, 15) is 0 Å². The smallest absolute Gasteiger partial charge is 0.160 e. The molecule has 1 heterocycles. The van der Waals surface area contributed by atoms with Crippen LogP contribution in [0.1, 0.15) is 12.6 Å². The highest BCUT2D eigenvalue weighted by atomic mass is 14.9. The first-order valence-electron chi connectivity index (χ1n) is 8.94. The molecule has 0 spiro atoms. The van der Waals surface area contributed by atoms with Crippen LogP contribution >= 0.6 is 0 Å². The van der Waals surface area contributed by atoms with Crippen LogP contribution in [0, 0.1) is 0 Å². The van der Waals surface area contributed by atoms with E-state index < -0.39 is 0 Å². The Kier molecular flexibility index (Phi) is 4.57. The fraction of sp³-hybridized carbons (Fsp3) is 0.0833. The molecule has 0 atom stereocenters. The molecule has 0 aliphatic carbocycles. The van der Waals surface area contributed by atoms with Crippen molar-refractivity contribution in [3.8, 4) is 33.8 Å². The van der Waals surface area contributed by atoms with E-state index in [1.807, 2.05) is 30.3 Å². The quantitative estimate of drug-likeness (QED) is 0.454. The maximum Gasteiger partial charge on any atom is 0.160 e. The fourth-order valence-electron chi connectivity index (χ4n) is 3.19. The molecule has 0 saturated heterocycles. The van der Waals surface area contributed by atoms with Crippen LogP contribution in [0.2, 0.25) is 0 Å². The molecule has 0 aliphatic heterocycles. The zero-order chi connectivity index (χ0) is 17.8. The molecule has 4 rings (SSSR count). The van der Waals surface area contributed by atoms with Crippen molar-refractivity contribution in [1.82, 2.24) is 9.97 Å². The summed E-state index contributed by atoms with van der Waals surface area (Å²) in [4.78, 5) is 9.90. The Morgan fingerprint density at radius 2 is 1.08 bits per heavy atom. The van der Waals surface area contributed by atoms with Crippen molar-refractivity contribution in [3.05, 3.63) is 96.7 Å². The molecule has 2 heteroatoms. The molecule has 126 valence electrons. The zero-order valence-corrected chi connectivity index (χ0v) is 14.8. The van der Waals surface area contributed by atoms with Gasteiger partial charge in [-0.05, 0) is 12.0 Å². The summed E-state index contributed by atoms with van der Waals surface area (Å²) in [6, 6.07) is 31.0. The minimum absolute atomic E-state index is 0.779. The van der Waals surface area contributed by atoms with Crippen molar-refractivity contribution in [2.45, 2.75) is 13.3 Å². The van der Waals surface area contributed by atoms with Crippen LogP contribution in [-0.2, 0) is 6.42 Å². The van der Waals surface area contributed by atoms with Crippen molar-refractivity contribution >= 4 is 0 Å². The lowest BCUT2D eigenvalue weighted by Gasteiger charge is -2.15. The molecule has 0 fully saturated rings. The predicted molar refractivity (Wildman–Crippen MR) is 108 cm³/mol. The monoisotopic (exact) mass is 336 g/mol. The Morgan fingerprint density at radius 3 is 1.62 bits per heavy atom. The van der Waals surface area contributed by atoms with Gasteiger partial charge in [0.1, 0.15) is 0 Å². The standard InChI is InChI=1S/C24H20N2/c1-2-21-22(18-12-6-3-7-13-18)23(19-14-8-4-9-15-19)26-24(25-21)20-16-10-5-11-17-20/h3-17H,2H2,1H3. The summed E-state index contributed by atoms with van der Waals surface area (Å²) in [5.41, 5.74) is 6.49. The minimum Gasteiger partial charge on any atom is -0.232 e. The van der Waals surface area contributed by atoms with Crippen molar-refractivity contribution in [1.29, 1.82) is 0 Å². The molecule has 0 saturated carbocycles. The second kappa shape index (κ2) is 7.32. The lowest BCUT2D eigenvalue weighted by molar-refractivity contribution is 1.01. The van der Waals surface area contributed by atoms with E-state index in [-0.39, 0.29) is 0 Å². The number of benzene rings is 3. The highest BCUT2D eigenvalue weighted by molar-refractivity contribution is 5.83. The second-order valence-electron chi connectivity index (χ2n) is 6.17. The van der Waals surface area contributed by atoms with Gasteiger partial charge in [0, 0.05) is 16.7 Å². The molecule has 1 aromatic heterocycles. The van der Waals surface area contributed by atoms with Crippen LogP contribution in [0.4, 0.5) is 0 Å². The van der Waals surface area contributed by atoms with Gasteiger partial charge in [-0.15, -0.1) is 0 Å². The number of hydrogen-bond donors (Lipinski definition) is 0. The third-order valence-electron chi connectivity index (χ3n) is 4.46. The first-order valence-corrected chi connectivity index (χ1v) is 8.94. The van der Waals surface area contributed by atoms with Gasteiger partial charge >= 0.3 is 0 Å². The topological polar surface area (TPSA) is 25.8 Å². The summed E-state index contributed by atoms with van der Waals surface area (Å²) in [5.74, 6) is 0.779. The van der Waals surface area contributed by atoms with Crippen molar-refractivity contribution < 1.29 is 0 Å². The first-order chi connectivity index (χ1) is 12.9. The molecule has 2 nitrogen and oxygen atoms in total. The summed E-state index contributed by atoms with van der Waals surface area (Å²) in [6.45, 7) is 2.15. The molecule has 0 N–H and O–H groups in total. The summed E-state index contributed by atoms with van der Waals surface area (Å²) < 4.78 is 0. The van der Waals surface area contributed by atoms with Gasteiger partial charge in [-0.2, -0.15) is 0 Å². The number of nitrogens with zero attached hydrogens (tertiary/aromatic N) is 2. The Morgan fingerprint density at radius 1 is 0.577 bits per heavy atom. The lowest BCUT2D eigenvalue weighted by Crippen LogP contribution is -2.02. The van der Waals surface area contributed by atoms with Gasteiger partial charge in [0.15, 0.2) is 5.82 Å². The number of aromatic nitrogens is 2. The minimum atomic E-state index is 0.779. The van der Waals surface area contributed by atoms with Gasteiger partial charge in [-0.3, -0.25) is 0 Å². The van der Waals surface area contributed by atoms with Crippen molar-refractivity contribution in [2.24, 2.45) is 0 Å². The molecule has 0 amide bonds. The average molecular weight is 336 g/mol. The van der Waals surface area contributed by atoms with Gasteiger partial charge in [0.2, 0.25) is 0 Å². The molecule has 0 aliphatic rings. The van der Waals surface area contributed by atoms with Crippen molar-refractivity contribution in [2.75, 3.05) is 0 Å². The molecule has 3 aromatic carbocycles. The molecular weight excluding hydrogens is 316 g/mol. The largest absolute Gasteiger partial charge is 0.232 e. The summed E-state index contributed by atoms with van der Waals surface area (Å²) >= 11 is 0. The molecular formula is C24H20N2. The van der Waals surface area contributed by atoms with Gasteiger partial charge in [0.25, 0.3) is 0 Å². The third-order valence-corrected chi connectivity index (χ3v) is 4.46. The van der Waals surface area contributed by atoms with Gasteiger partial charge in [0.05, 0.1) is 11.4 Å². The number of rotatable bonds is 4. The first kappa shape index (κ1) is 16.2. The van der Waals surface area contributed by atoms with E-state index in [0.717, 1.165) is 45.9 Å². The third kappa shape index (κ3) is 3.14. The van der Waals surface area contributed by atoms with Crippen LogP contribution in [0.3, 0.4) is 0 Å². The molecule has 0 bridgehead atoms. The fourth-order valence-corrected chi connectivity index (χ4v) is 3.19. The van der Waals surface area contributed by atoms with Crippen molar-refractivity contribution in [3.63, 3.8) is 0 Å². The summed E-state index contributed by atoms with van der Waals surface area (Å²) in [6.07, 6.45) is 0.854. The van der Waals surface area contributed by atoms with E-state index in [0.29, 0.717) is 0 Å². The van der Waals surface area contributed by atoms with Gasteiger partial charge in [-0.25, -0.2) is 9.97 Å². The van der Waals surface area contributed by atoms with E-state index in [4.69, 9.17) is 9.97 Å². The van der Waals surface area contributed by atoms with Crippen LogP contribution in [0.5, 0.6) is 0 Å². The van der Waals surface area contributed by atoms with Gasteiger partial charge < -0.3 is 0 Å². The Balaban J connectivity index is 2.01. The Bertz CT molecular complexity index is 994. The average Bonchev–Trinajstić information content (AvgIpc) is 2.74. The SMILES string of the molecule is CCc1nc(-c2ccccc2)nc(-c2ccccc2)c1-c1ccccc1. The zero-order valence-electron chi connectivity index (χ0n) is 14.8. The lowest BCUT2D eigenvalue weighted by atomic mass is 9.96. The van der Waals surface area contributed by atoms with E-state index in [1.54, 1.807) is 0 Å². The highest BCUT2D eigenvalue weighted by Gasteiger charge is 2.17.